The first kappa shape index (κ1) is 14.9. The van der Waals surface area contributed by atoms with Crippen LogP contribution in [0.5, 0.6) is 0 Å². The molecule has 18 heavy (non-hydrogen) atoms. The Bertz CT molecular complexity index is 390. The zero-order chi connectivity index (χ0) is 13.5. The summed E-state index contributed by atoms with van der Waals surface area (Å²) < 4.78 is 0. The van der Waals surface area contributed by atoms with Gasteiger partial charge in [-0.3, -0.25) is 0 Å². The number of nitrogens with zero attached hydrogens (tertiary/aromatic N) is 1. The van der Waals surface area contributed by atoms with Crippen molar-refractivity contribution in [3.63, 3.8) is 0 Å². The number of hydrogen-bond donors (Lipinski definition) is 2. The predicted molar refractivity (Wildman–Crippen MR) is 81.9 cm³/mol. The molecule has 0 radical (unpaired) electrons. The molecule has 0 saturated carbocycles. The second kappa shape index (κ2) is 7.31. The first-order valence-corrected chi connectivity index (χ1v) is 6.93. The molecule has 1 aromatic rings. The molecule has 0 aliphatic rings. The van der Waals surface area contributed by atoms with E-state index in [1.54, 1.807) is 0 Å². The van der Waals surface area contributed by atoms with Gasteiger partial charge in [0.25, 0.3) is 0 Å². The van der Waals surface area contributed by atoms with Crippen LogP contribution in [0, 0.1) is 5.92 Å². The first-order chi connectivity index (χ1) is 8.49. The van der Waals surface area contributed by atoms with E-state index in [1.807, 2.05) is 18.2 Å². The SMILES string of the molecule is CC(C)CCCC(C)Nc1cccc(C(N)=S)n1. The molecule has 0 amide bonds. The van der Waals surface area contributed by atoms with Gasteiger partial charge in [-0.15, -0.1) is 0 Å². The minimum atomic E-state index is 0.339. The number of pyridine rings is 1. The Labute approximate surface area is 115 Å². The molecule has 4 heteroatoms. The highest BCUT2D eigenvalue weighted by molar-refractivity contribution is 7.80. The topological polar surface area (TPSA) is 50.9 Å². The van der Waals surface area contributed by atoms with Crippen molar-refractivity contribution in [2.45, 2.75) is 46.1 Å². The van der Waals surface area contributed by atoms with E-state index >= 15 is 0 Å². The van der Waals surface area contributed by atoms with E-state index in [-0.39, 0.29) is 0 Å². The molecule has 1 aromatic heterocycles. The Hall–Kier alpha value is -1.16. The number of aromatic nitrogens is 1. The van der Waals surface area contributed by atoms with Crippen molar-refractivity contribution in [2.75, 3.05) is 5.32 Å². The van der Waals surface area contributed by atoms with Crippen LogP contribution < -0.4 is 11.1 Å². The molecule has 3 N–H and O–H groups in total. The normalized spacial score (nSPS) is 12.4. The third kappa shape index (κ3) is 5.45. The van der Waals surface area contributed by atoms with E-state index in [0.717, 1.165) is 18.2 Å². The Morgan fingerprint density at radius 1 is 1.33 bits per heavy atom. The first-order valence-electron chi connectivity index (χ1n) is 6.52. The van der Waals surface area contributed by atoms with E-state index in [1.165, 1.54) is 12.8 Å². The van der Waals surface area contributed by atoms with E-state index in [0.29, 0.717) is 16.7 Å². The van der Waals surface area contributed by atoms with Crippen molar-refractivity contribution in [1.82, 2.24) is 4.98 Å². The Morgan fingerprint density at radius 2 is 2.06 bits per heavy atom. The van der Waals surface area contributed by atoms with Crippen LogP contribution in [0.2, 0.25) is 0 Å². The molecular weight excluding hydrogens is 242 g/mol. The molecule has 1 unspecified atom stereocenters. The molecule has 0 spiro atoms. The molecule has 1 atom stereocenters. The lowest BCUT2D eigenvalue weighted by molar-refractivity contribution is 0.520. The molecule has 0 aromatic carbocycles. The van der Waals surface area contributed by atoms with Crippen molar-refractivity contribution in [2.24, 2.45) is 11.7 Å². The van der Waals surface area contributed by atoms with Crippen LogP contribution in [0.4, 0.5) is 5.82 Å². The maximum atomic E-state index is 5.57. The van der Waals surface area contributed by atoms with Crippen LogP contribution in [0.3, 0.4) is 0 Å². The average molecular weight is 265 g/mol. The summed E-state index contributed by atoms with van der Waals surface area (Å²) in [5, 5.41) is 3.38. The fraction of sp³-hybridized carbons (Fsp3) is 0.571. The summed E-state index contributed by atoms with van der Waals surface area (Å²) in [5.41, 5.74) is 6.24. The highest BCUT2D eigenvalue weighted by Crippen LogP contribution is 2.12. The molecule has 0 aliphatic heterocycles. The summed E-state index contributed by atoms with van der Waals surface area (Å²) in [6.45, 7) is 6.69. The average Bonchev–Trinajstić information content (AvgIpc) is 2.28. The number of thiocarbonyl (C=S) groups is 1. The third-order valence-electron chi connectivity index (χ3n) is 2.81. The minimum Gasteiger partial charge on any atom is -0.388 e. The summed E-state index contributed by atoms with van der Waals surface area (Å²) in [4.78, 5) is 4.72. The van der Waals surface area contributed by atoms with Gasteiger partial charge in [0.05, 0.1) is 5.69 Å². The maximum absolute atomic E-state index is 5.57. The third-order valence-corrected chi connectivity index (χ3v) is 3.02. The number of nitrogens with one attached hydrogen (secondary N) is 1. The molecule has 0 saturated heterocycles. The van der Waals surface area contributed by atoms with Gasteiger partial charge in [-0.1, -0.05) is 45.0 Å². The lowest BCUT2D eigenvalue weighted by Gasteiger charge is -2.15. The van der Waals surface area contributed by atoms with Crippen molar-refractivity contribution >= 4 is 23.0 Å². The van der Waals surface area contributed by atoms with Crippen LogP contribution in [0.15, 0.2) is 18.2 Å². The molecule has 1 heterocycles. The fourth-order valence-corrected chi connectivity index (χ4v) is 1.92. The van der Waals surface area contributed by atoms with Gasteiger partial charge in [-0.25, -0.2) is 4.98 Å². The summed E-state index contributed by atoms with van der Waals surface area (Å²) in [5.74, 6) is 1.62. The van der Waals surface area contributed by atoms with Crippen molar-refractivity contribution in [3.05, 3.63) is 23.9 Å². The molecular formula is C14H23N3S. The molecule has 0 fully saturated rings. The van der Waals surface area contributed by atoms with Gasteiger partial charge in [0.15, 0.2) is 0 Å². The van der Waals surface area contributed by atoms with Gasteiger partial charge in [0, 0.05) is 6.04 Å². The van der Waals surface area contributed by atoms with E-state index in [2.05, 4.69) is 31.1 Å². The van der Waals surface area contributed by atoms with Gasteiger partial charge in [-0.05, 0) is 31.4 Å². The number of hydrogen-bond acceptors (Lipinski definition) is 3. The molecule has 0 bridgehead atoms. The Morgan fingerprint density at radius 3 is 2.67 bits per heavy atom. The Kier molecular flexibility index (Phi) is 6.05. The molecule has 1 rings (SSSR count). The summed E-state index contributed by atoms with van der Waals surface area (Å²) in [6, 6.07) is 6.11. The summed E-state index contributed by atoms with van der Waals surface area (Å²) in [7, 11) is 0. The standard InChI is InChI=1S/C14H23N3S/c1-10(2)6-4-7-11(3)16-13-9-5-8-12(17-13)14(15)18/h5,8-11H,4,6-7H2,1-3H3,(H2,15,18)(H,16,17). The van der Waals surface area contributed by atoms with E-state index < -0.39 is 0 Å². The number of anilines is 1. The lowest BCUT2D eigenvalue weighted by Crippen LogP contribution is -2.18. The smallest absolute Gasteiger partial charge is 0.126 e. The number of rotatable bonds is 7. The fourth-order valence-electron chi connectivity index (χ4n) is 1.81. The van der Waals surface area contributed by atoms with Crippen LogP contribution in [0.25, 0.3) is 0 Å². The highest BCUT2D eigenvalue weighted by Gasteiger charge is 2.05. The largest absolute Gasteiger partial charge is 0.388 e. The van der Waals surface area contributed by atoms with Crippen molar-refractivity contribution in [3.8, 4) is 0 Å². The van der Waals surface area contributed by atoms with Gasteiger partial charge >= 0.3 is 0 Å². The van der Waals surface area contributed by atoms with Crippen LogP contribution in [0.1, 0.15) is 45.7 Å². The van der Waals surface area contributed by atoms with E-state index in [9.17, 15) is 0 Å². The van der Waals surface area contributed by atoms with Gasteiger partial charge < -0.3 is 11.1 Å². The Balaban J connectivity index is 2.46. The highest BCUT2D eigenvalue weighted by atomic mass is 32.1. The van der Waals surface area contributed by atoms with Crippen molar-refractivity contribution < 1.29 is 0 Å². The monoisotopic (exact) mass is 265 g/mol. The van der Waals surface area contributed by atoms with Gasteiger partial charge in [0.2, 0.25) is 0 Å². The maximum Gasteiger partial charge on any atom is 0.126 e. The summed E-state index contributed by atoms with van der Waals surface area (Å²) in [6.07, 6.45) is 3.66. The van der Waals surface area contributed by atoms with Gasteiger partial charge in [-0.2, -0.15) is 0 Å². The second-order valence-corrected chi connectivity index (χ2v) is 5.58. The summed E-state index contributed by atoms with van der Waals surface area (Å²) >= 11 is 4.92. The second-order valence-electron chi connectivity index (χ2n) is 5.14. The zero-order valence-corrected chi connectivity index (χ0v) is 12.3. The molecule has 100 valence electrons. The van der Waals surface area contributed by atoms with Crippen LogP contribution in [-0.2, 0) is 0 Å². The molecule has 3 nitrogen and oxygen atoms in total. The van der Waals surface area contributed by atoms with E-state index in [4.69, 9.17) is 18.0 Å². The van der Waals surface area contributed by atoms with Crippen LogP contribution in [-0.4, -0.2) is 16.0 Å². The quantitative estimate of drug-likeness (QED) is 0.742. The predicted octanol–water partition coefficient (Wildman–Crippen LogP) is 3.34. The number of nitrogens with two attached hydrogens (primary N) is 1. The zero-order valence-electron chi connectivity index (χ0n) is 11.4. The molecule has 0 aliphatic carbocycles. The minimum absolute atomic E-state index is 0.339. The van der Waals surface area contributed by atoms with Gasteiger partial charge in [0.1, 0.15) is 10.8 Å². The van der Waals surface area contributed by atoms with Crippen molar-refractivity contribution in [1.29, 1.82) is 0 Å². The van der Waals surface area contributed by atoms with Crippen LogP contribution >= 0.6 is 12.2 Å². The lowest BCUT2D eigenvalue weighted by atomic mass is 10.0.